The number of halogens is 3. The van der Waals surface area contributed by atoms with E-state index in [0.29, 0.717) is 30.8 Å². The Morgan fingerprint density at radius 1 is 1.57 bits per heavy atom. The van der Waals surface area contributed by atoms with Crippen LogP contribution in [-0.4, -0.2) is 43.2 Å². The average molecular weight is 378 g/mol. The average Bonchev–Trinajstić information content (AvgIpc) is 2.81. The van der Waals surface area contributed by atoms with Crippen molar-refractivity contribution in [2.24, 2.45) is 0 Å². The van der Waals surface area contributed by atoms with Crippen LogP contribution in [0, 0.1) is 0 Å². The van der Waals surface area contributed by atoms with Crippen LogP contribution in [0.5, 0.6) is 0 Å². The van der Waals surface area contributed by atoms with E-state index in [-0.39, 0.29) is 18.5 Å². The van der Waals surface area contributed by atoms with Gasteiger partial charge in [-0.3, -0.25) is 4.79 Å². The maximum atomic E-state index is 13.5. The maximum Gasteiger partial charge on any atom is 0.223 e. The molecule has 21 heavy (non-hydrogen) atoms. The molecule has 0 bridgehead atoms. The van der Waals surface area contributed by atoms with Crippen LogP contribution in [0.25, 0.3) is 0 Å². The van der Waals surface area contributed by atoms with Gasteiger partial charge in [-0.1, -0.05) is 27.5 Å². The molecule has 1 N–H and O–H groups in total. The number of benzene rings is 1. The van der Waals surface area contributed by atoms with Crippen molar-refractivity contribution in [3.05, 3.63) is 33.3 Å². The molecule has 1 aliphatic rings. The zero-order chi connectivity index (χ0) is 15.4. The lowest BCUT2D eigenvalue weighted by atomic mass is 10.1. The molecule has 1 aromatic rings. The number of hydrogen-bond donors (Lipinski definition) is 1. The first-order valence-electron chi connectivity index (χ1n) is 7.03. The SMILES string of the molecule is CNC[C@@H]1C[C@H](F)CN1C(=O)CCc1cc(Br)ccc1Cl. The summed E-state index contributed by atoms with van der Waals surface area (Å²) in [6.45, 7) is 0.835. The van der Waals surface area contributed by atoms with Crippen LogP contribution in [0.4, 0.5) is 4.39 Å². The summed E-state index contributed by atoms with van der Waals surface area (Å²) >= 11 is 9.52. The largest absolute Gasteiger partial charge is 0.335 e. The number of hydrogen-bond acceptors (Lipinski definition) is 2. The van der Waals surface area contributed by atoms with Gasteiger partial charge >= 0.3 is 0 Å². The number of carbonyl (C=O) groups is 1. The third-order valence-electron chi connectivity index (χ3n) is 3.74. The standard InChI is InChI=1S/C15H19BrClFN2O/c1-19-8-13-7-12(18)9-20(13)15(21)5-2-10-6-11(16)3-4-14(10)17/h3-4,6,12-13,19H,2,5,7-9H2,1H3/t12-,13-/m0/s1. The highest BCUT2D eigenvalue weighted by molar-refractivity contribution is 9.10. The molecule has 0 aliphatic carbocycles. The summed E-state index contributed by atoms with van der Waals surface area (Å²) in [4.78, 5) is 14.0. The number of amides is 1. The molecule has 0 aromatic heterocycles. The fourth-order valence-corrected chi connectivity index (χ4v) is 3.33. The summed E-state index contributed by atoms with van der Waals surface area (Å²) in [5.41, 5.74) is 0.931. The molecule has 1 amide bonds. The number of rotatable bonds is 5. The quantitative estimate of drug-likeness (QED) is 0.855. The summed E-state index contributed by atoms with van der Waals surface area (Å²) in [5, 5.41) is 3.67. The number of aryl methyl sites for hydroxylation is 1. The highest BCUT2D eigenvalue weighted by Gasteiger charge is 2.34. The van der Waals surface area contributed by atoms with E-state index in [1.165, 1.54) is 0 Å². The molecule has 3 nitrogen and oxygen atoms in total. The van der Waals surface area contributed by atoms with E-state index in [0.717, 1.165) is 10.0 Å². The van der Waals surface area contributed by atoms with E-state index in [9.17, 15) is 9.18 Å². The Kier molecular flexibility index (Phi) is 6.02. The smallest absolute Gasteiger partial charge is 0.223 e. The van der Waals surface area contributed by atoms with E-state index < -0.39 is 6.17 Å². The zero-order valence-corrected chi connectivity index (χ0v) is 14.3. The Balaban J connectivity index is 1.96. The van der Waals surface area contributed by atoms with Gasteiger partial charge in [0.15, 0.2) is 0 Å². The molecule has 1 heterocycles. The van der Waals surface area contributed by atoms with Crippen LogP contribution in [0.2, 0.25) is 5.02 Å². The molecule has 0 spiro atoms. The van der Waals surface area contributed by atoms with Crippen LogP contribution in [0.3, 0.4) is 0 Å². The van der Waals surface area contributed by atoms with Gasteiger partial charge in [-0.15, -0.1) is 0 Å². The van der Waals surface area contributed by atoms with Crippen molar-refractivity contribution >= 4 is 33.4 Å². The molecule has 1 aliphatic heterocycles. The third kappa shape index (κ3) is 4.41. The first kappa shape index (κ1) is 16.7. The van der Waals surface area contributed by atoms with Crippen LogP contribution < -0.4 is 5.32 Å². The van der Waals surface area contributed by atoms with Crippen molar-refractivity contribution in [2.45, 2.75) is 31.5 Å². The molecule has 1 fully saturated rings. The fraction of sp³-hybridized carbons (Fsp3) is 0.533. The predicted octanol–water partition coefficient (Wildman–Crippen LogP) is 3.19. The minimum absolute atomic E-state index is 0.00792. The minimum atomic E-state index is -0.915. The van der Waals surface area contributed by atoms with E-state index >= 15 is 0 Å². The number of likely N-dealkylation sites (tertiary alicyclic amines) is 1. The Morgan fingerprint density at radius 2 is 2.33 bits per heavy atom. The van der Waals surface area contributed by atoms with Gasteiger partial charge in [0.2, 0.25) is 5.91 Å². The van der Waals surface area contributed by atoms with Gasteiger partial charge in [-0.05, 0) is 37.2 Å². The Bertz CT molecular complexity index is 514. The molecule has 0 saturated carbocycles. The van der Waals surface area contributed by atoms with Crippen LogP contribution in [0.1, 0.15) is 18.4 Å². The van der Waals surface area contributed by atoms with E-state index in [4.69, 9.17) is 11.6 Å². The van der Waals surface area contributed by atoms with E-state index in [2.05, 4.69) is 21.2 Å². The number of likely N-dealkylation sites (N-methyl/N-ethyl adjacent to an activating group) is 1. The van der Waals surface area contributed by atoms with Crippen molar-refractivity contribution < 1.29 is 9.18 Å². The van der Waals surface area contributed by atoms with Gasteiger partial charge in [0, 0.05) is 34.9 Å². The fourth-order valence-electron chi connectivity index (χ4n) is 2.71. The van der Waals surface area contributed by atoms with E-state index in [1.54, 1.807) is 4.90 Å². The highest BCUT2D eigenvalue weighted by atomic mass is 79.9. The first-order valence-corrected chi connectivity index (χ1v) is 8.20. The number of carbonyl (C=O) groups excluding carboxylic acids is 1. The van der Waals surface area contributed by atoms with Gasteiger partial charge in [0.1, 0.15) is 6.17 Å². The van der Waals surface area contributed by atoms with E-state index in [1.807, 2.05) is 25.2 Å². The predicted molar refractivity (Wildman–Crippen MR) is 86.4 cm³/mol. The van der Waals surface area contributed by atoms with Crippen LogP contribution in [0.15, 0.2) is 22.7 Å². The van der Waals surface area contributed by atoms with Crippen molar-refractivity contribution in [2.75, 3.05) is 20.1 Å². The monoisotopic (exact) mass is 376 g/mol. The molecule has 2 atom stereocenters. The second-order valence-electron chi connectivity index (χ2n) is 5.33. The molecule has 0 unspecified atom stereocenters. The molecule has 2 rings (SSSR count). The van der Waals surface area contributed by atoms with Crippen molar-refractivity contribution in [1.82, 2.24) is 10.2 Å². The number of alkyl halides is 1. The van der Waals surface area contributed by atoms with Gasteiger partial charge in [0.05, 0.1) is 6.54 Å². The van der Waals surface area contributed by atoms with Crippen LogP contribution in [-0.2, 0) is 11.2 Å². The van der Waals surface area contributed by atoms with Crippen molar-refractivity contribution in [3.63, 3.8) is 0 Å². The molecule has 6 heteroatoms. The summed E-state index contributed by atoms with van der Waals surface area (Å²) in [6, 6.07) is 5.55. The lowest BCUT2D eigenvalue weighted by Crippen LogP contribution is -2.41. The lowest BCUT2D eigenvalue weighted by molar-refractivity contribution is -0.132. The molecular formula is C15H19BrClFN2O. The third-order valence-corrected chi connectivity index (χ3v) is 4.60. The number of nitrogens with zero attached hydrogens (tertiary/aromatic N) is 1. The summed E-state index contributed by atoms with van der Waals surface area (Å²) < 4.78 is 14.5. The topological polar surface area (TPSA) is 32.3 Å². The Labute approximate surface area is 138 Å². The summed E-state index contributed by atoms with van der Waals surface area (Å²) in [7, 11) is 1.81. The first-order chi connectivity index (χ1) is 10.0. The van der Waals surface area contributed by atoms with Crippen molar-refractivity contribution in [1.29, 1.82) is 0 Å². The van der Waals surface area contributed by atoms with Gasteiger partial charge < -0.3 is 10.2 Å². The second kappa shape index (κ2) is 7.56. The van der Waals surface area contributed by atoms with Crippen LogP contribution >= 0.6 is 27.5 Å². The van der Waals surface area contributed by atoms with Crippen molar-refractivity contribution in [3.8, 4) is 0 Å². The normalized spacial score (nSPS) is 21.8. The molecule has 1 aromatic carbocycles. The maximum absolute atomic E-state index is 13.5. The zero-order valence-electron chi connectivity index (χ0n) is 11.9. The lowest BCUT2D eigenvalue weighted by Gasteiger charge is -2.24. The number of nitrogens with one attached hydrogen (secondary N) is 1. The summed E-state index contributed by atoms with van der Waals surface area (Å²) in [6.07, 6.45) is 0.422. The second-order valence-corrected chi connectivity index (χ2v) is 6.65. The van der Waals surface area contributed by atoms with Gasteiger partial charge in [-0.2, -0.15) is 0 Å². The molecule has 116 valence electrons. The summed E-state index contributed by atoms with van der Waals surface area (Å²) in [5.74, 6) is -0.00792. The molecular weight excluding hydrogens is 359 g/mol. The minimum Gasteiger partial charge on any atom is -0.335 e. The Morgan fingerprint density at radius 3 is 3.05 bits per heavy atom. The molecule has 1 saturated heterocycles. The van der Waals surface area contributed by atoms with Gasteiger partial charge in [-0.25, -0.2) is 4.39 Å². The Hall–Kier alpha value is -0.650. The van der Waals surface area contributed by atoms with Gasteiger partial charge in [0.25, 0.3) is 0 Å². The highest BCUT2D eigenvalue weighted by Crippen LogP contribution is 2.24. The molecule has 0 radical (unpaired) electrons.